The van der Waals surface area contributed by atoms with Crippen molar-refractivity contribution in [1.82, 2.24) is 15.5 Å². The highest BCUT2D eigenvalue weighted by atomic mass is 16.6. The molecule has 10 heteroatoms. The Morgan fingerprint density at radius 1 is 0.861 bits per heavy atom. The van der Waals surface area contributed by atoms with Gasteiger partial charge in [0.1, 0.15) is 12.1 Å². The smallest absolute Gasteiger partial charge is 0.408 e. The van der Waals surface area contributed by atoms with Crippen LogP contribution in [0.25, 0.3) is 0 Å². The van der Waals surface area contributed by atoms with E-state index in [2.05, 4.69) is 16.0 Å². The van der Waals surface area contributed by atoms with Gasteiger partial charge in [-0.3, -0.25) is 24.1 Å². The summed E-state index contributed by atoms with van der Waals surface area (Å²) in [6.45, 7) is 5.42. The molecule has 3 rings (SSSR count). The molecule has 0 radical (unpaired) electrons. The maximum Gasteiger partial charge on any atom is 0.408 e. The minimum atomic E-state index is -0.665. The van der Waals surface area contributed by atoms with Gasteiger partial charge in [-0.05, 0) is 57.0 Å². The molecular formula is C26H30N4O6. The first-order valence-corrected chi connectivity index (χ1v) is 11.6. The fourth-order valence-corrected chi connectivity index (χ4v) is 3.50. The molecule has 0 unspecified atom stereocenters. The third-order valence-electron chi connectivity index (χ3n) is 5.18. The molecule has 0 fully saturated rings. The maximum absolute atomic E-state index is 12.4. The molecule has 190 valence electrons. The number of hydrogen-bond donors (Lipinski definition) is 3. The summed E-state index contributed by atoms with van der Waals surface area (Å²) in [6.07, 6.45) is -0.171. The minimum Gasteiger partial charge on any atom is -0.444 e. The number of fused-ring (bicyclic) bond motifs is 1. The Labute approximate surface area is 209 Å². The molecule has 10 nitrogen and oxygen atoms in total. The van der Waals surface area contributed by atoms with Crippen molar-refractivity contribution in [1.29, 1.82) is 0 Å². The molecule has 3 N–H and O–H groups in total. The first-order chi connectivity index (χ1) is 17.0. The van der Waals surface area contributed by atoms with Crippen LogP contribution in [0.3, 0.4) is 0 Å². The van der Waals surface area contributed by atoms with Gasteiger partial charge < -0.3 is 20.7 Å². The Morgan fingerprint density at radius 2 is 1.47 bits per heavy atom. The number of hydrogen-bond acceptors (Lipinski definition) is 6. The number of rotatable bonds is 9. The number of amides is 5. The van der Waals surface area contributed by atoms with Crippen molar-refractivity contribution in [3.63, 3.8) is 0 Å². The standard InChI is InChI=1S/C26H30N4O6/c1-26(2,3)36-25(35)28-16-22(32)27-15-17-10-12-18(13-11-17)29-21(31)9-6-14-30-23(33)19-7-4-5-8-20(19)24(30)34/h4-5,7-8,10-13H,6,9,14-16H2,1-3H3,(H,27,32)(H,28,35)(H,29,31). The molecule has 0 aliphatic carbocycles. The van der Waals surface area contributed by atoms with Crippen molar-refractivity contribution in [2.45, 2.75) is 45.8 Å². The monoisotopic (exact) mass is 494 g/mol. The van der Waals surface area contributed by atoms with Crippen LogP contribution < -0.4 is 16.0 Å². The van der Waals surface area contributed by atoms with Crippen LogP contribution in [0.15, 0.2) is 48.5 Å². The fourth-order valence-electron chi connectivity index (χ4n) is 3.50. The summed E-state index contributed by atoms with van der Waals surface area (Å²) in [5, 5.41) is 7.85. The van der Waals surface area contributed by atoms with Crippen LogP contribution in [-0.2, 0) is 20.9 Å². The normalized spacial score (nSPS) is 12.7. The van der Waals surface area contributed by atoms with Crippen LogP contribution in [0.1, 0.15) is 59.9 Å². The van der Waals surface area contributed by atoms with Crippen molar-refractivity contribution in [3.8, 4) is 0 Å². The topological polar surface area (TPSA) is 134 Å². The van der Waals surface area contributed by atoms with E-state index in [1.807, 2.05) is 0 Å². The summed E-state index contributed by atoms with van der Waals surface area (Å²) in [5.41, 5.74) is 1.53. The first-order valence-electron chi connectivity index (χ1n) is 11.6. The van der Waals surface area contributed by atoms with E-state index in [1.54, 1.807) is 69.3 Å². The molecule has 0 spiro atoms. The largest absolute Gasteiger partial charge is 0.444 e. The second-order valence-electron chi connectivity index (χ2n) is 9.29. The number of imide groups is 1. The van der Waals surface area contributed by atoms with Crippen LogP contribution >= 0.6 is 0 Å². The zero-order chi connectivity index (χ0) is 26.3. The van der Waals surface area contributed by atoms with E-state index < -0.39 is 11.7 Å². The highest BCUT2D eigenvalue weighted by molar-refractivity contribution is 6.21. The summed E-state index contributed by atoms with van der Waals surface area (Å²) in [5.74, 6) is -1.27. The maximum atomic E-state index is 12.4. The Bertz CT molecular complexity index is 1120. The molecule has 1 aliphatic rings. The molecule has 1 aliphatic heterocycles. The highest BCUT2D eigenvalue weighted by Gasteiger charge is 2.34. The predicted octanol–water partition coefficient (Wildman–Crippen LogP) is 2.84. The van der Waals surface area contributed by atoms with Gasteiger partial charge in [0.15, 0.2) is 0 Å². The Balaban J connectivity index is 1.36. The lowest BCUT2D eigenvalue weighted by Gasteiger charge is -2.19. The number of anilines is 1. The molecule has 2 aromatic rings. The van der Waals surface area contributed by atoms with Gasteiger partial charge >= 0.3 is 6.09 Å². The molecule has 5 amide bonds. The zero-order valence-corrected chi connectivity index (χ0v) is 20.6. The van der Waals surface area contributed by atoms with Crippen LogP contribution in [0.4, 0.5) is 10.5 Å². The Morgan fingerprint density at radius 3 is 2.06 bits per heavy atom. The molecule has 0 saturated carbocycles. The predicted molar refractivity (Wildman–Crippen MR) is 132 cm³/mol. The average molecular weight is 495 g/mol. The van der Waals surface area contributed by atoms with E-state index in [0.717, 1.165) is 5.56 Å². The van der Waals surface area contributed by atoms with Crippen molar-refractivity contribution in [3.05, 3.63) is 65.2 Å². The Hall–Kier alpha value is -4.21. The van der Waals surface area contributed by atoms with E-state index in [0.29, 0.717) is 23.2 Å². The van der Waals surface area contributed by atoms with Crippen molar-refractivity contribution < 1.29 is 28.7 Å². The first kappa shape index (κ1) is 26.4. The van der Waals surface area contributed by atoms with Gasteiger partial charge in [-0.25, -0.2) is 4.79 Å². The van der Waals surface area contributed by atoms with Crippen molar-refractivity contribution in [2.24, 2.45) is 0 Å². The van der Waals surface area contributed by atoms with Crippen LogP contribution in [0.5, 0.6) is 0 Å². The lowest BCUT2D eigenvalue weighted by molar-refractivity contribution is -0.120. The summed E-state index contributed by atoms with van der Waals surface area (Å²) in [4.78, 5) is 61.7. The number of nitrogens with zero attached hydrogens (tertiary/aromatic N) is 1. The average Bonchev–Trinajstić information content (AvgIpc) is 3.06. The molecule has 0 saturated heterocycles. The van der Waals surface area contributed by atoms with Crippen LogP contribution in [-0.4, -0.2) is 53.3 Å². The van der Waals surface area contributed by atoms with Crippen LogP contribution in [0, 0.1) is 0 Å². The van der Waals surface area contributed by atoms with Gasteiger partial charge in [0.05, 0.1) is 11.1 Å². The second kappa shape index (κ2) is 11.5. The van der Waals surface area contributed by atoms with Crippen molar-refractivity contribution in [2.75, 3.05) is 18.4 Å². The molecule has 0 bridgehead atoms. The van der Waals surface area contributed by atoms with Gasteiger partial charge in [-0.1, -0.05) is 24.3 Å². The summed E-state index contributed by atoms with van der Waals surface area (Å²) >= 11 is 0. The highest BCUT2D eigenvalue weighted by Crippen LogP contribution is 2.22. The molecule has 0 aromatic heterocycles. The molecule has 0 atom stereocenters. The van der Waals surface area contributed by atoms with E-state index in [-0.39, 0.29) is 49.7 Å². The lowest BCUT2D eigenvalue weighted by atomic mass is 10.1. The third-order valence-corrected chi connectivity index (χ3v) is 5.18. The quantitative estimate of drug-likeness (QED) is 0.459. The molecule has 1 heterocycles. The SMILES string of the molecule is CC(C)(C)OC(=O)NCC(=O)NCc1ccc(NC(=O)CCCN2C(=O)c3ccccc3C2=O)cc1. The van der Waals surface area contributed by atoms with E-state index >= 15 is 0 Å². The van der Waals surface area contributed by atoms with Crippen molar-refractivity contribution >= 4 is 35.4 Å². The number of benzene rings is 2. The molecule has 2 aromatic carbocycles. The number of carbonyl (C=O) groups excluding carboxylic acids is 5. The summed E-state index contributed by atoms with van der Waals surface area (Å²) in [7, 11) is 0. The van der Waals surface area contributed by atoms with Crippen LogP contribution in [0.2, 0.25) is 0 Å². The van der Waals surface area contributed by atoms with Gasteiger partial charge in [0, 0.05) is 25.2 Å². The van der Waals surface area contributed by atoms with Gasteiger partial charge in [-0.2, -0.15) is 0 Å². The summed E-state index contributed by atoms with van der Waals surface area (Å²) in [6, 6.07) is 13.6. The number of ether oxygens (including phenoxy) is 1. The van der Waals surface area contributed by atoms with Gasteiger partial charge in [0.2, 0.25) is 11.8 Å². The minimum absolute atomic E-state index is 0.149. The van der Waals surface area contributed by atoms with E-state index in [1.165, 1.54) is 4.90 Å². The van der Waals surface area contributed by atoms with E-state index in [4.69, 9.17) is 4.74 Å². The summed E-state index contributed by atoms with van der Waals surface area (Å²) < 4.78 is 5.07. The van der Waals surface area contributed by atoms with E-state index in [9.17, 15) is 24.0 Å². The third kappa shape index (κ3) is 7.39. The second-order valence-corrected chi connectivity index (χ2v) is 9.29. The zero-order valence-electron chi connectivity index (χ0n) is 20.6. The number of carbonyl (C=O) groups is 5. The molecule has 36 heavy (non-hydrogen) atoms. The van der Waals surface area contributed by atoms with Gasteiger partial charge in [0.25, 0.3) is 11.8 Å². The molecular weight excluding hydrogens is 464 g/mol. The lowest BCUT2D eigenvalue weighted by Crippen LogP contribution is -2.39. The number of alkyl carbamates (subject to hydrolysis) is 1. The number of nitrogens with one attached hydrogen (secondary N) is 3. The van der Waals surface area contributed by atoms with Gasteiger partial charge in [-0.15, -0.1) is 0 Å². The fraction of sp³-hybridized carbons (Fsp3) is 0.346. The Kier molecular flexibility index (Phi) is 8.42.